The van der Waals surface area contributed by atoms with E-state index in [0.29, 0.717) is 12.0 Å². The van der Waals surface area contributed by atoms with Gasteiger partial charge in [-0.15, -0.1) is 11.3 Å². The van der Waals surface area contributed by atoms with Gasteiger partial charge in [-0.1, -0.05) is 19.9 Å². The molecule has 0 aliphatic carbocycles. The Bertz CT molecular complexity index is 458. The number of thiophene rings is 1. The second-order valence-corrected chi connectivity index (χ2v) is 7.55. The van der Waals surface area contributed by atoms with Crippen molar-refractivity contribution in [2.45, 2.75) is 45.4 Å². The molecule has 0 saturated carbocycles. The van der Waals surface area contributed by atoms with Crippen molar-refractivity contribution in [1.29, 1.82) is 0 Å². The summed E-state index contributed by atoms with van der Waals surface area (Å²) in [4.78, 5) is 18.2. The molecule has 2 rings (SSSR count). The smallest absolute Gasteiger partial charge is 0.241 e. The van der Waals surface area contributed by atoms with Crippen molar-refractivity contribution in [2.24, 2.45) is 5.92 Å². The highest BCUT2D eigenvalue weighted by atomic mass is 32.1. The largest absolute Gasteiger partial charge is 0.319 e. The molecule has 1 fully saturated rings. The van der Waals surface area contributed by atoms with Crippen LogP contribution in [0.2, 0.25) is 0 Å². The number of nitrogens with zero attached hydrogens (tertiary/aromatic N) is 2. The Kier molecular flexibility index (Phi) is 5.41. The number of amides is 1. The molecule has 1 aliphatic heterocycles. The molecule has 3 atom stereocenters. The SMILES string of the molecule is CC(C)CC1NC(c2cccs2)N(CC(C)N(C)C)C1=O. The summed E-state index contributed by atoms with van der Waals surface area (Å²) < 4.78 is 0. The van der Waals surface area contributed by atoms with Crippen molar-refractivity contribution in [2.75, 3.05) is 20.6 Å². The summed E-state index contributed by atoms with van der Waals surface area (Å²) in [5.74, 6) is 0.762. The van der Waals surface area contributed by atoms with Gasteiger partial charge in [0, 0.05) is 17.5 Å². The predicted octanol–water partition coefficient (Wildman–Crippen LogP) is 2.54. The van der Waals surface area contributed by atoms with Crippen molar-refractivity contribution >= 4 is 17.2 Å². The minimum atomic E-state index is -0.0496. The first-order valence-electron chi connectivity index (χ1n) is 7.66. The van der Waals surface area contributed by atoms with Crippen LogP contribution in [-0.2, 0) is 4.79 Å². The molecule has 0 spiro atoms. The third-order valence-electron chi connectivity index (χ3n) is 4.11. The van der Waals surface area contributed by atoms with Crippen molar-refractivity contribution < 1.29 is 4.79 Å². The van der Waals surface area contributed by atoms with E-state index in [-0.39, 0.29) is 18.1 Å². The van der Waals surface area contributed by atoms with Crippen LogP contribution in [0.3, 0.4) is 0 Å². The molecular weight excluding hydrogens is 282 g/mol. The number of nitrogens with one attached hydrogen (secondary N) is 1. The second-order valence-electron chi connectivity index (χ2n) is 6.57. The highest BCUT2D eigenvalue weighted by Crippen LogP contribution is 2.30. The monoisotopic (exact) mass is 309 g/mol. The van der Waals surface area contributed by atoms with E-state index in [1.54, 1.807) is 11.3 Å². The number of carbonyl (C=O) groups is 1. The predicted molar refractivity (Wildman–Crippen MR) is 88.3 cm³/mol. The summed E-state index contributed by atoms with van der Waals surface area (Å²) in [7, 11) is 4.12. The topological polar surface area (TPSA) is 35.6 Å². The summed E-state index contributed by atoms with van der Waals surface area (Å²) in [6.07, 6.45) is 0.928. The molecule has 1 aliphatic rings. The molecule has 1 aromatic rings. The van der Waals surface area contributed by atoms with Crippen molar-refractivity contribution in [1.82, 2.24) is 15.1 Å². The fourth-order valence-electron chi connectivity index (χ4n) is 2.65. The van der Waals surface area contributed by atoms with Crippen LogP contribution in [0.4, 0.5) is 0 Å². The lowest BCUT2D eigenvalue weighted by molar-refractivity contribution is -0.131. The molecular formula is C16H27N3OS. The molecule has 0 radical (unpaired) electrons. The van der Waals surface area contributed by atoms with Gasteiger partial charge in [0.05, 0.1) is 6.04 Å². The maximum absolute atomic E-state index is 12.8. The van der Waals surface area contributed by atoms with Gasteiger partial charge in [0.2, 0.25) is 5.91 Å². The number of hydrogen-bond donors (Lipinski definition) is 1. The van der Waals surface area contributed by atoms with E-state index in [9.17, 15) is 4.79 Å². The second kappa shape index (κ2) is 6.90. The van der Waals surface area contributed by atoms with Crippen LogP contribution in [0.1, 0.15) is 38.2 Å². The molecule has 1 N–H and O–H groups in total. The van der Waals surface area contributed by atoms with Crippen molar-refractivity contribution in [3.05, 3.63) is 22.4 Å². The van der Waals surface area contributed by atoms with E-state index in [2.05, 4.69) is 62.6 Å². The first kappa shape index (κ1) is 16.5. The summed E-state index contributed by atoms with van der Waals surface area (Å²) in [6.45, 7) is 7.25. The average Bonchev–Trinajstić information content (AvgIpc) is 3.01. The maximum Gasteiger partial charge on any atom is 0.241 e. The minimum absolute atomic E-state index is 0.0312. The molecule has 21 heavy (non-hydrogen) atoms. The van der Waals surface area contributed by atoms with E-state index in [1.165, 1.54) is 4.88 Å². The summed E-state index contributed by atoms with van der Waals surface area (Å²) >= 11 is 1.71. The van der Waals surface area contributed by atoms with Crippen molar-refractivity contribution in [3.63, 3.8) is 0 Å². The first-order chi connectivity index (χ1) is 9.90. The quantitative estimate of drug-likeness (QED) is 0.877. The van der Waals surface area contributed by atoms with Crippen LogP contribution in [0.15, 0.2) is 17.5 Å². The van der Waals surface area contributed by atoms with Gasteiger partial charge in [-0.05, 0) is 44.8 Å². The van der Waals surface area contributed by atoms with Crippen molar-refractivity contribution in [3.8, 4) is 0 Å². The summed E-state index contributed by atoms with van der Waals surface area (Å²) in [6, 6.07) is 4.46. The standard InChI is InChI=1S/C16H27N3OS/c1-11(2)9-13-16(20)19(10-12(3)18(4)5)15(17-13)14-7-6-8-21-14/h6-8,11-13,15,17H,9-10H2,1-5H3. The zero-order valence-corrected chi connectivity index (χ0v) is 14.5. The Morgan fingerprint density at radius 2 is 2.10 bits per heavy atom. The molecule has 4 nitrogen and oxygen atoms in total. The normalized spacial score (nSPS) is 24.3. The number of likely N-dealkylation sites (N-methyl/N-ethyl adjacent to an activating group) is 1. The molecule has 0 bridgehead atoms. The molecule has 118 valence electrons. The van der Waals surface area contributed by atoms with Crippen LogP contribution in [0.25, 0.3) is 0 Å². The zero-order chi connectivity index (χ0) is 15.6. The Morgan fingerprint density at radius 1 is 1.38 bits per heavy atom. The number of hydrogen-bond acceptors (Lipinski definition) is 4. The fourth-order valence-corrected chi connectivity index (χ4v) is 3.44. The maximum atomic E-state index is 12.8. The van der Waals surface area contributed by atoms with E-state index < -0.39 is 0 Å². The van der Waals surface area contributed by atoms with Crippen LogP contribution < -0.4 is 5.32 Å². The lowest BCUT2D eigenvalue weighted by atomic mass is 10.0. The average molecular weight is 309 g/mol. The first-order valence-corrected chi connectivity index (χ1v) is 8.54. The van der Waals surface area contributed by atoms with Crippen LogP contribution in [0, 0.1) is 5.92 Å². The minimum Gasteiger partial charge on any atom is -0.319 e. The van der Waals surface area contributed by atoms with Crippen LogP contribution in [-0.4, -0.2) is 48.4 Å². The third kappa shape index (κ3) is 3.84. The van der Waals surface area contributed by atoms with Gasteiger partial charge in [0.15, 0.2) is 0 Å². The van der Waals surface area contributed by atoms with E-state index in [4.69, 9.17) is 0 Å². The third-order valence-corrected chi connectivity index (χ3v) is 5.04. The molecule has 1 saturated heterocycles. The van der Waals surface area contributed by atoms with E-state index in [0.717, 1.165) is 13.0 Å². The highest BCUT2D eigenvalue weighted by molar-refractivity contribution is 7.10. The summed E-state index contributed by atoms with van der Waals surface area (Å²) in [5.41, 5.74) is 0. The van der Waals surface area contributed by atoms with Gasteiger partial charge in [-0.25, -0.2) is 0 Å². The molecule has 5 heteroatoms. The molecule has 0 aromatic carbocycles. The van der Waals surface area contributed by atoms with Gasteiger partial charge < -0.3 is 9.80 Å². The number of carbonyl (C=O) groups excluding carboxylic acids is 1. The Morgan fingerprint density at radius 3 is 2.62 bits per heavy atom. The fraction of sp³-hybridized carbons (Fsp3) is 0.688. The summed E-state index contributed by atoms with van der Waals surface area (Å²) in [5, 5.41) is 5.61. The molecule has 1 aromatic heterocycles. The number of rotatable bonds is 6. The Labute approximate surface area is 132 Å². The van der Waals surface area contributed by atoms with Crippen LogP contribution >= 0.6 is 11.3 Å². The van der Waals surface area contributed by atoms with Gasteiger partial charge in [-0.3, -0.25) is 10.1 Å². The Balaban J connectivity index is 2.17. The molecule has 2 heterocycles. The zero-order valence-electron chi connectivity index (χ0n) is 13.7. The highest BCUT2D eigenvalue weighted by Gasteiger charge is 2.40. The van der Waals surface area contributed by atoms with E-state index >= 15 is 0 Å². The van der Waals surface area contributed by atoms with E-state index in [1.807, 2.05) is 4.90 Å². The van der Waals surface area contributed by atoms with Gasteiger partial charge in [-0.2, -0.15) is 0 Å². The molecule has 3 unspecified atom stereocenters. The van der Waals surface area contributed by atoms with Gasteiger partial charge in [0.25, 0.3) is 0 Å². The lowest BCUT2D eigenvalue weighted by Crippen LogP contribution is -2.41. The lowest BCUT2D eigenvalue weighted by Gasteiger charge is -2.29. The molecule has 1 amide bonds. The Hall–Kier alpha value is -0.910. The van der Waals surface area contributed by atoms with Gasteiger partial charge >= 0.3 is 0 Å². The van der Waals surface area contributed by atoms with Crippen LogP contribution in [0.5, 0.6) is 0 Å². The van der Waals surface area contributed by atoms with Gasteiger partial charge in [0.1, 0.15) is 6.17 Å².